The van der Waals surface area contributed by atoms with E-state index in [0.717, 1.165) is 38.0 Å². The number of rotatable bonds is 2. The van der Waals surface area contributed by atoms with Gasteiger partial charge in [-0.1, -0.05) is 24.3 Å². The minimum atomic E-state index is 0.0719. The van der Waals surface area contributed by atoms with Crippen LogP contribution in [0, 0.1) is 5.92 Å². The Bertz CT molecular complexity index is 413. The van der Waals surface area contributed by atoms with Gasteiger partial charge in [0.15, 0.2) is 0 Å². The van der Waals surface area contributed by atoms with Crippen molar-refractivity contribution in [1.82, 2.24) is 0 Å². The van der Waals surface area contributed by atoms with E-state index in [1.54, 1.807) is 0 Å². The molecule has 1 aromatic rings. The lowest BCUT2D eigenvalue weighted by molar-refractivity contribution is 0.162. The Kier molecular flexibility index (Phi) is 2.89. The van der Waals surface area contributed by atoms with Crippen molar-refractivity contribution in [3.8, 4) is 0 Å². The fraction of sp³-hybridized carbons (Fsp3) is 0.467. The highest BCUT2D eigenvalue weighted by molar-refractivity contribution is 5.33. The number of fused-ring (bicyclic) bond motifs is 1. The molecule has 0 spiro atoms. The molecule has 3 rings (SSSR count). The van der Waals surface area contributed by atoms with Crippen molar-refractivity contribution >= 4 is 0 Å². The first kappa shape index (κ1) is 10.8. The van der Waals surface area contributed by atoms with Crippen LogP contribution in [0.3, 0.4) is 0 Å². The standard InChI is InChI=1S/C15H19NO/c16-15(14-7-3-4-8-17-14)13-9-11-5-1-2-6-12(11)10-13/h1-2,5-7,13,15H,3-4,8-10,16H2. The summed E-state index contributed by atoms with van der Waals surface area (Å²) in [4.78, 5) is 0. The van der Waals surface area contributed by atoms with Crippen LogP contribution >= 0.6 is 0 Å². The van der Waals surface area contributed by atoms with Crippen molar-refractivity contribution in [2.45, 2.75) is 31.7 Å². The van der Waals surface area contributed by atoms with E-state index in [4.69, 9.17) is 10.5 Å². The van der Waals surface area contributed by atoms with Crippen LogP contribution in [0.15, 0.2) is 36.1 Å². The third-order valence-corrected chi connectivity index (χ3v) is 3.88. The van der Waals surface area contributed by atoms with Gasteiger partial charge < -0.3 is 10.5 Å². The molecular formula is C15H19NO. The summed E-state index contributed by atoms with van der Waals surface area (Å²) in [6.07, 6.45) is 6.61. The minimum Gasteiger partial charge on any atom is -0.497 e. The SMILES string of the molecule is NC(C1=CCCCO1)C1Cc2ccccc2C1. The van der Waals surface area contributed by atoms with Crippen molar-refractivity contribution in [3.05, 3.63) is 47.2 Å². The van der Waals surface area contributed by atoms with Gasteiger partial charge in [-0.25, -0.2) is 0 Å². The molecule has 0 saturated carbocycles. The van der Waals surface area contributed by atoms with Crippen LogP contribution in [0.4, 0.5) is 0 Å². The van der Waals surface area contributed by atoms with Crippen LogP contribution in [0.5, 0.6) is 0 Å². The second-order valence-electron chi connectivity index (χ2n) is 5.06. The lowest BCUT2D eigenvalue weighted by Crippen LogP contribution is -2.34. The molecule has 1 unspecified atom stereocenters. The molecule has 1 atom stereocenters. The lowest BCUT2D eigenvalue weighted by atomic mass is 9.94. The first-order valence-electron chi connectivity index (χ1n) is 6.50. The third-order valence-electron chi connectivity index (χ3n) is 3.88. The molecule has 1 aliphatic carbocycles. The number of benzene rings is 1. The van der Waals surface area contributed by atoms with Gasteiger partial charge in [-0.3, -0.25) is 0 Å². The fourth-order valence-electron chi connectivity index (χ4n) is 2.89. The molecule has 0 bridgehead atoms. The average Bonchev–Trinajstić information content (AvgIpc) is 2.82. The second kappa shape index (κ2) is 4.53. The van der Waals surface area contributed by atoms with Crippen molar-refractivity contribution in [1.29, 1.82) is 0 Å². The molecule has 90 valence electrons. The molecule has 0 aromatic heterocycles. The molecule has 0 radical (unpaired) electrons. The Morgan fingerprint density at radius 1 is 1.18 bits per heavy atom. The molecule has 1 aromatic carbocycles. The van der Waals surface area contributed by atoms with Gasteiger partial charge in [0.25, 0.3) is 0 Å². The first-order valence-corrected chi connectivity index (χ1v) is 6.50. The Labute approximate surface area is 102 Å². The van der Waals surface area contributed by atoms with Crippen molar-refractivity contribution < 1.29 is 4.74 Å². The summed E-state index contributed by atoms with van der Waals surface area (Å²) < 4.78 is 5.69. The zero-order valence-electron chi connectivity index (χ0n) is 10.1. The van der Waals surface area contributed by atoms with E-state index in [1.165, 1.54) is 11.1 Å². The topological polar surface area (TPSA) is 35.2 Å². The molecule has 2 heteroatoms. The quantitative estimate of drug-likeness (QED) is 0.845. The average molecular weight is 229 g/mol. The molecule has 2 N–H and O–H groups in total. The Morgan fingerprint density at radius 3 is 2.47 bits per heavy atom. The van der Waals surface area contributed by atoms with Crippen molar-refractivity contribution in [2.24, 2.45) is 11.7 Å². The molecule has 0 amide bonds. The maximum atomic E-state index is 6.34. The van der Waals surface area contributed by atoms with Gasteiger partial charge in [0.1, 0.15) is 5.76 Å². The van der Waals surface area contributed by atoms with E-state index < -0.39 is 0 Å². The largest absolute Gasteiger partial charge is 0.497 e. The van der Waals surface area contributed by atoms with E-state index in [0.29, 0.717) is 5.92 Å². The predicted molar refractivity (Wildman–Crippen MR) is 68.6 cm³/mol. The maximum Gasteiger partial charge on any atom is 0.109 e. The normalized spacial score (nSPS) is 21.6. The summed E-state index contributed by atoms with van der Waals surface area (Å²) in [5.74, 6) is 1.53. The Balaban J connectivity index is 1.73. The smallest absolute Gasteiger partial charge is 0.109 e. The minimum absolute atomic E-state index is 0.0719. The molecule has 17 heavy (non-hydrogen) atoms. The summed E-state index contributed by atoms with van der Waals surface area (Å²) in [5, 5.41) is 0. The Morgan fingerprint density at radius 2 is 1.88 bits per heavy atom. The van der Waals surface area contributed by atoms with Gasteiger partial charge >= 0.3 is 0 Å². The van der Waals surface area contributed by atoms with Crippen molar-refractivity contribution in [2.75, 3.05) is 6.61 Å². The molecule has 1 heterocycles. The predicted octanol–water partition coefficient (Wildman–Crippen LogP) is 2.42. The first-order chi connectivity index (χ1) is 8.34. The van der Waals surface area contributed by atoms with Crippen LogP contribution in [-0.4, -0.2) is 12.6 Å². The van der Waals surface area contributed by atoms with Crippen LogP contribution in [0.1, 0.15) is 24.0 Å². The second-order valence-corrected chi connectivity index (χ2v) is 5.06. The highest BCUT2D eigenvalue weighted by atomic mass is 16.5. The highest BCUT2D eigenvalue weighted by Gasteiger charge is 2.29. The third kappa shape index (κ3) is 2.09. The molecule has 2 aliphatic rings. The fourth-order valence-corrected chi connectivity index (χ4v) is 2.89. The molecule has 1 aliphatic heterocycles. The summed E-state index contributed by atoms with van der Waals surface area (Å²) in [5.41, 5.74) is 9.26. The summed E-state index contributed by atoms with van der Waals surface area (Å²) in [6.45, 7) is 0.833. The van der Waals surface area contributed by atoms with Crippen molar-refractivity contribution in [3.63, 3.8) is 0 Å². The van der Waals surface area contributed by atoms with Gasteiger partial charge in [0.2, 0.25) is 0 Å². The highest BCUT2D eigenvalue weighted by Crippen LogP contribution is 2.31. The number of allylic oxidation sites excluding steroid dienone is 1. The van der Waals surface area contributed by atoms with Gasteiger partial charge in [0, 0.05) is 0 Å². The number of ether oxygens (including phenoxy) is 1. The molecule has 2 nitrogen and oxygen atoms in total. The van der Waals surface area contributed by atoms with Gasteiger partial charge in [-0.2, -0.15) is 0 Å². The van der Waals surface area contributed by atoms with E-state index in [1.807, 2.05) is 0 Å². The number of hydrogen-bond acceptors (Lipinski definition) is 2. The summed E-state index contributed by atoms with van der Waals surface area (Å²) in [6, 6.07) is 8.74. The van der Waals surface area contributed by atoms with Crippen LogP contribution < -0.4 is 5.73 Å². The van der Waals surface area contributed by atoms with E-state index >= 15 is 0 Å². The van der Waals surface area contributed by atoms with E-state index in [2.05, 4.69) is 30.3 Å². The number of nitrogens with two attached hydrogens (primary N) is 1. The van der Waals surface area contributed by atoms with Gasteiger partial charge in [0.05, 0.1) is 12.6 Å². The van der Waals surface area contributed by atoms with Gasteiger partial charge in [-0.15, -0.1) is 0 Å². The van der Waals surface area contributed by atoms with Crippen LogP contribution in [0.25, 0.3) is 0 Å². The monoisotopic (exact) mass is 229 g/mol. The Hall–Kier alpha value is -1.28. The van der Waals surface area contributed by atoms with Gasteiger partial charge in [-0.05, 0) is 48.8 Å². The zero-order valence-corrected chi connectivity index (χ0v) is 10.1. The summed E-state index contributed by atoms with van der Waals surface area (Å²) >= 11 is 0. The molecular weight excluding hydrogens is 210 g/mol. The van der Waals surface area contributed by atoms with E-state index in [-0.39, 0.29) is 6.04 Å². The molecule has 0 fully saturated rings. The van der Waals surface area contributed by atoms with Crippen LogP contribution in [0.2, 0.25) is 0 Å². The zero-order chi connectivity index (χ0) is 11.7. The lowest BCUT2D eigenvalue weighted by Gasteiger charge is -2.25. The number of hydrogen-bond donors (Lipinski definition) is 1. The maximum absolute atomic E-state index is 6.34. The van der Waals surface area contributed by atoms with E-state index in [9.17, 15) is 0 Å². The summed E-state index contributed by atoms with van der Waals surface area (Å²) in [7, 11) is 0. The molecule has 0 saturated heterocycles. The van der Waals surface area contributed by atoms with Crippen LogP contribution in [-0.2, 0) is 17.6 Å².